The number of carbonyl (C=O) groups excluding carboxylic acids is 1. The number of benzene rings is 2. The minimum Gasteiger partial charge on any atom is -0.755 e. The number of nitrogens with zero attached hydrogens (tertiary/aromatic N) is 4. The van der Waals surface area contributed by atoms with Crippen LogP contribution in [0.4, 0.5) is 11.5 Å². The molecule has 2 heterocycles. The molecule has 36 heavy (non-hydrogen) atoms. The lowest BCUT2D eigenvalue weighted by Crippen LogP contribution is -2.29. The predicted octanol–water partition coefficient (Wildman–Crippen LogP) is 2.02. The van der Waals surface area contributed by atoms with E-state index in [4.69, 9.17) is 19.7 Å². The van der Waals surface area contributed by atoms with E-state index in [9.17, 15) is 13.6 Å². The lowest BCUT2D eigenvalue weighted by molar-refractivity contribution is -0.119. The SMILES string of the molecule is COc1ccccc1N(c1noc2cc(Cn3cc(CNC(=O)CN)cn3)cc(OC)c12)S(=O)[O-].Cl. The summed E-state index contributed by atoms with van der Waals surface area (Å²) in [6.45, 7) is 0.605. The van der Waals surface area contributed by atoms with Crippen molar-refractivity contribution in [3.8, 4) is 11.5 Å². The van der Waals surface area contributed by atoms with Crippen molar-refractivity contribution >= 4 is 52.1 Å². The fraction of sp³-hybridized carbons (Fsp3) is 0.227. The van der Waals surface area contributed by atoms with Gasteiger partial charge in [-0.1, -0.05) is 17.3 Å². The molecule has 0 saturated carbocycles. The molecular weight excluding hydrogens is 512 g/mol. The number of nitrogens with two attached hydrogens (primary N) is 1. The van der Waals surface area contributed by atoms with Gasteiger partial charge in [0.25, 0.3) is 0 Å². The second-order valence-electron chi connectivity index (χ2n) is 7.39. The molecular formula is C22H24ClN6O6S-. The molecule has 2 aromatic heterocycles. The Bertz CT molecular complexity index is 1380. The number of para-hydroxylation sites is 2. The number of fused-ring (bicyclic) bond motifs is 1. The van der Waals surface area contributed by atoms with Crippen LogP contribution in [0.3, 0.4) is 0 Å². The Morgan fingerprint density at radius 3 is 2.67 bits per heavy atom. The van der Waals surface area contributed by atoms with Gasteiger partial charge in [0, 0.05) is 18.3 Å². The van der Waals surface area contributed by atoms with Crippen molar-refractivity contribution in [1.82, 2.24) is 20.3 Å². The first-order chi connectivity index (χ1) is 16.9. The zero-order chi connectivity index (χ0) is 24.9. The highest BCUT2D eigenvalue weighted by molar-refractivity contribution is 7.81. The van der Waals surface area contributed by atoms with Gasteiger partial charge in [-0.05, 0) is 29.8 Å². The number of methoxy groups -OCH3 is 2. The van der Waals surface area contributed by atoms with Gasteiger partial charge in [0.15, 0.2) is 11.4 Å². The number of rotatable bonds is 10. The molecule has 0 aliphatic rings. The van der Waals surface area contributed by atoms with Crippen LogP contribution in [-0.2, 0) is 29.2 Å². The van der Waals surface area contributed by atoms with E-state index >= 15 is 0 Å². The molecule has 192 valence electrons. The fourth-order valence-electron chi connectivity index (χ4n) is 3.57. The average Bonchev–Trinajstić information content (AvgIpc) is 3.49. The van der Waals surface area contributed by atoms with Crippen LogP contribution in [0, 0.1) is 0 Å². The molecule has 0 spiro atoms. The molecule has 2 aromatic carbocycles. The Morgan fingerprint density at radius 2 is 1.97 bits per heavy atom. The van der Waals surface area contributed by atoms with Crippen LogP contribution in [-0.4, -0.2) is 50.4 Å². The van der Waals surface area contributed by atoms with Gasteiger partial charge in [0.05, 0.1) is 50.5 Å². The van der Waals surface area contributed by atoms with Gasteiger partial charge in [0.1, 0.15) is 16.9 Å². The van der Waals surface area contributed by atoms with E-state index in [0.717, 1.165) is 15.4 Å². The summed E-state index contributed by atoms with van der Waals surface area (Å²) < 4.78 is 43.5. The number of nitrogens with one attached hydrogen (secondary N) is 1. The zero-order valence-electron chi connectivity index (χ0n) is 19.4. The number of ether oxygens (including phenoxy) is 2. The molecule has 1 unspecified atom stereocenters. The highest BCUT2D eigenvalue weighted by Crippen LogP contribution is 2.41. The van der Waals surface area contributed by atoms with E-state index in [2.05, 4.69) is 15.6 Å². The molecule has 0 aliphatic carbocycles. The zero-order valence-corrected chi connectivity index (χ0v) is 21.0. The molecule has 0 radical (unpaired) electrons. The summed E-state index contributed by atoms with van der Waals surface area (Å²) in [5, 5.41) is 11.4. The molecule has 0 fully saturated rings. The lowest BCUT2D eigenvalue weighted by atomic mass is 10.1. The maximum Gasteiger partial charge on any atom is 0.234 e. The van der Waals surface area contributed by atoms with E-state index in [1.807, 2.05) is 0 Å². The maximum absolute atomic E-state index is 12.2. The number of hydrogen-bond donors (Lipinski definition) is 2. The number of amides is 1. The monoisotopic (exact) mass is 535 g/mol. The number of anilines is 2. The minimum atomic E-state index is -2.73. The van der Waals surface area contributed by atoms with E-state index in [-0.39, 0.29) is 36.4 Å². The van der Waals surface area contributed by atoms with Crippen molar-refractivity contribution in [2.45, 2.75) is 13.1 Å². The highest BCUT2D eigenvalue weighted by Gasteiger charge is 2.24. The summed E-state index contributed by atoms with van der Waals surface area (Å²) in [6, 6.07) is 10.2. The van der Waals surface area contributed by atoms with Crippen molar-refractivity contribution in [1.29, 1.82) is 0 Å². The van der Waals surface area contributed by atoms with Gasteiger partial charge in [-0.15, -0.1) is 12.4 Å². The van der Waals surface area contributed by atoms with Crippen LogP contribution in [0.1, 0.15) is 11.1 Å². The number of hydrogen-bond acceptors (Lipinski definition) is 9. The summed E-state index contributed by atoms with van der Waals surface area (Å²) in [7, 11) is 2.93. The second kappa shape index (κ2) is 11.9. The van der Waals surface area contributed by atoms with E-state index in [1.165, 1.54) is 14.2 Å². The molecule has 1 atom stereocenters. The van der Waals surface area contributed by atoms with Gasteiger partial charge >= 0.3 is 0 Å². The Labute approximate surface area is 215 Å². The normalized spacial score (nSPS) is 11.6. The van der Waals surface area contributed by atoms with Crippen LogP contribution in [0.15, 0.2) is 53.3 Å². The Balaban J connectivity index is 0.00000361. The topological polar surface area (TPSA) is 161 Å². The van der Waals surface area contributed by atoms with Gasteiger partial charge in [-0.3, -0.25) is 13.7 Å². The molecule has 3 N–H and O–H groups in total. The number of carbonyl (C=O) groups is 1. The van der Waals surface area contributed by atoms with Crippen LogP contribution in [0.5, 0.6) is 11.5 Å². The summed E-state index contributed by atoms with van der Waals surface area (Å²) >= 11 is -2.73. The summed E-state index contributed by atoms with van der Waals surface area (Å²) in [5.74, 6) is 0.510. The molecule has 4 aromatic rings. The van der Waals surface area contributed by atoms with Crippen molar-refractivity contribution < 1.29 is 27.6 Å². The Hall–Kier alpha value is -3.65. The fourth-order valence-corrected chi connectivity index (χ4v) is 4.15. The van der Waals surface area contributed by atoms with E-state index < -0.39 is 11.3 Å². The third-order valence-corrected chi connectivity index (χ3v) is 5.82. The molecule has 4 rings (SSSR count). The van der Waals surface area contributed by atoms with Crippen molar-refractivity contribution in [3.63, 3.8) is 0 Å². The first-order valence-electron chi connectivity index (χ1n) is 10.4. The van der Waals surface area contributed by atoms with Gasteiger partial charge in [-0.25, -0.2) is 4.31 Å². The molecule has 0 saturated heterocycles. The molecule has 0 bridgehead atoms. The van der Waals surface area contributed by atoms with Crippen LogP contribution < -0.4 is 24.8 Å². The third kappa shape index (κ3) is 5.60. The smallest absolute Gasteiger partial charge is 0.234 e. The lowest BCUT2D eigenvalue weighted by Gasteiger charge is -2.25. The first-order valence-corrected chi connectivity index (χ1v) is 11.4. The van der Waals surface area contributed by atoms with Crippen molar-refractivity contribution in [2.24, 2.45) is 5.73 Å². The van der Waals surface area contributed by atoms with Crippen LogP contribution in [0.2, 0.25) is 0 Å². The summed E-state index contributed by atoms with van der Waals surface area (Å²) in [6.07, 6.45) is 3.44. The van der Waals surface area contributed by atoms with Crippen molar-refractivity contribution in [2.75, 3.05) is 25.1 Å². The second-order valence-corrected chi connectivity index (χ2v) is 8.19. The van der Waals surface area contributed by atoms with Crippen LogP contribution in [0.25, 0.3) is 11.0 Å². The predicted molar refractivity (Wildman–Crippen MR) is 134 cm³/mol. The Morgan fingerprint density at radius 1 is 1.22 bits per heavy atom. The standard InChI is InChI=1S/C22H24N6O6S.ClH/c1-32-17-6-4-3-5-16(17)28(35(30)31)22-21-18(33-2)7-14(8-19(21)34-26-22)12-27-13-15(11-25-27)10-24-20(29)9-23;/h3-8,11,13H,9-10,12,23H2,1-2H3,(H,24,29)(H,30,31);1H/p-1. The highest BCUT2D eigenvalue weighted by atomic mass is 35.5. The van der Waals surface area contributed by atoms with Crippen LogP contribution >= 0.6 is 12.4 Å². The van der Waals surface area contributed by atoms with E-state index in [1.54, 1.807) is 53.5 Å². The summed E-state index contributed by atoms with van der Waals surface area (Å²) in [4.78, 5) is 11.4. The van der Waals surface area contributed by atoms with Crippen molar-refractivity contribution in [3.05, 3.63) is 59.9 Å². The number of halogens is 1. The van der Waals surface area contributed by atoms with E-state index in [0.29, 0.717) is 35.6 Å². The molecule has 0 aliphatic heterocycles. The van der Waals surface area contributed by atoms with Gasteiger partial charge in [-0.2, -0.15) is 5.10 Å². The van der Waals surface area contributed by atoms with Gasteiger partial charge in [0.2, 0.25) is 5.91 Å². The third-order valence-electron chi connectivity index (χ3n) is 5.15. The summed E-state index contributed by atoms with van der Waals surface area (Å²) in [5.41, 5.74) is 7.50. The Kier molecular flexibility index (Phi) is 8.88. The molecule has 1 amide bonds. The quantitative estimate of drug-likeness (QED) is 0.289. The molecule has 12 nitrogen and oxygen atoms in total. The first kappa shape index (κ1) is 26.9. The maximum atomic E-state index is 12.2. The average molecular weight is 536 g/mol. The minimum absolute atomic E-state index is 0. The largest absolute Gasteiger partial charge is 0.755 e. The number of aromatic nitrogens is 3. The molecule has 14 heteroatoms. The van der Waals surface area contributed by atoms with Gasteiger partial charge < -0.3 is 29.6 Å².